The number of hydrogen-bond acceptors (Lipinski definition) is 2. The second-order valence-electron chi connectivity index (χ2n) is 8.60. The molecule has 1 N–H and O–H groups in total. The summed E-state index contributed by atoms with van der Waals surface area (Å²) in [4.78, 5) is 31.3. The van der Waals surface area contributed by atoms with Crippen molar-refractivity contribution in [1.82, 2.24) is 14.8 Å². The molecule has 0 fully saturated rings. The van der Waals surface area contributed by atoms with Crippen molar-refractivity contribution in [3.63, 3.8) is 0 Å². The minimum Gasteiger partial charge on any atom is -0.357 e. The van der Waals surface area contributed by atoms with Crippen LogP contribution in [0.15, 0.2) is 42.5 Å². The number of nitrogens with one attached hydrogen (secondary N) is 1. The monoisotopic (exact) mass is 497 g/mol. The SMILES string of the molecule is CC(=O)N1Cc2[nH]c3ccccc3c2C[C@H]1C(=O)N(C)Cc1cc(C(F)(F)F)cc(C(F)(F)F)c1. The lowest BCUT2D eigenvalue weighted by atomic mass is 9.95. The van der Waals surface area contributed by atoms with E-state index in [9.17, 15) is 35.9 Å². The van der Waals surface area contributed by atoms with Gasteiger partial charge in [-0.25, -0.2) is 0 Å². The number of H-pyrrole nitrogens is 1. The molecule has 3 aromatic rings. The minimum absolute atomic E-state index is 0.0441. The zero-order valence-electron chi connectivity index (χ0n) is 18.7. The van der Waals surface area contributed by atoms with Crippen LogP contribution < -0.4 is 0 Å². The number of benzene rings is 2. The third-order valence-electron chi connectivity index (χ3n) is 6.14. The first kappa shape index (κ1) is 24.6. The molecule has 1 aromatic heterocycles. The van der Waals surface area contributed by atoms with Crippen LogP contribution in [0.3, 0.4) is 0 Å². The van der Waals surface area contributed by atoms with Gasteiger partial charge in [-0.1, -0.05) is 18.2 Å². The Hall–Kier alpha value is -3.50. The van der Waals surface area contributed by atoms with Crippen molar-refractivity contribution >= 4 is 22.7 Å². The molecule has 35 heavy (non-hydrogen) atoms. The van der Waals surface area contributed by atoms with Crippen molar-refractivity contribution in [3.8, 4) is 0 Å². The number of halogens is 6. The summed E-state index contributed by atoms with van der Waals surface area (Å²) in [7, 11) is 1.29. The van der Waals surface area contributed by atoms with Gasteiger partial charge in [-0.2, -0.15) is 26.3 Å². The van der Waals surface area contributed by atoms with Gasteiger partial charge in [0, 0.05) is 43.5 Å². The summed E-state index contributed by atoms with van der Waals surface area (Å²) >= 11 is 0. The molecule has 1 atom stereocenters. The number of carbonyl (C=O) groups is 2. The second kappa shape index (κ2) is 8.62. The molecule has 5 nitrogen and oxygen atoms in total. The maximum atomic E-state index is 13.3. The number of amides is 2. The topological polar surface area (TPSA) is 56.4 Å². The van der Waals surface area contributed by atoms with Crippen LogP contribution in [0.4, 0.5) is 26.3 Å². The highest BCUT2D eigenvalue weighted by molar-refractivity contribution is 5.91. The van der Waals surface area contributed by atoms with E-state index in [0.717, 1.165) is 27.1 Å². The van der Waals surface area contributed by atoms with Gasteiger partial charge < -0.3 is 14.8 Å². The Morgan fingerprint density at radius 2 is 1.63 bits per heavy atom. The van der Waals surface area contributed by atoms with Gasteiger partial charge >= 0.3 is 12.4 Å². The molecule has 11 heteroatoms. The molecule has 0 aliphatic carbocycles. The van der Waals surface area contributed by atoms with Gasteiger partial charge in [0.15, 0.2) is 0 Å². The van der Waals surface area contributed by atoms with E-state index in [4.69, 9.17) is 0 Å². The summed E-state index contributed by atoms with van der Waals surface area (Å²) in [6.07, 6.45) is -9.81. The Morgan fingerprint density at radius 3 is 2.20 bits per heavy atom. The van der Waals surface area contributed by atoms with Crippen LogP contribution in [-0.2, 0) is 41.5 Å². The first-order chi connectivity index (χ1) is 16.3. The fraction of sp³-hybridized carbons (Fsp3) is 0.333. The average Bonchev–Trinajstić information content (AvgIpc) is 3.14. The lowest BCUT2D eigenvalue weighted by Gasteiger charge is -2.36. The van der Waals surface area contributed by atoms with E-state index in [1.807, 2.05) is 24.3 Å². The summed E-state index contributed by atoms with van der Waals surface area (Å²) in [5.74, 6) is -0.957. The number of nitrogens with zero attached hydrogens (tertiary/aromatic N) is 2. The summed E-state index contributed by atoms with van der Waals surface area (Å²) in [5, 5.41) is 0.888. The first-order valence-corrected chi connectivity index (χ1v) is 10.6. The third kappa shape index (κ3) is 4.85. The average molecular weight is 497 g/mol. The lowest BCUT2D eigenvalue weighted by Crippen LogP contribution is -2.52. The zero-order valence-corrected chi connectivity index (χ0v) is 18.7. The molecule has 0 spiro atoms. The number of hydrogen-bond donors (Lipinski definition) is 1. The molecule has 0 saturated heterocycles. The molecule has 0 unspecified atom stereocenters. The Morgan fingerprint density at radius 1 is 1.03 bits per heavy atom. The quantitative estimate of drug-likeness (QED) is 0.510. The molecule has 0 saturated carbocycles. The smallest absolute Gasteiger partial charge is 0.357 e. The molecule has 186 valence electrons. The standard InChI is InChI=1S/C24H21F6N3O2/c1-13(34)33-12-20-18(17-5-3-4-6-19(17)31-20)10-21(33)22(35)32(2)11-14-7-15(23(25,26)27)9-16(8-14)24(28,29)30/h3-9,21,31H,10-12H2,1-2H3/t21-/m0/s1. The second-order valence-corrected chi connectivity index (χ2v) is 8.60. The maximum Gasteiger partial charge on any atom is 0.416 e. The van der Waals surface area contributed by atoms with Crippen LogP contribution >= 0.6 is 0 Å². The Balaban J connectivity index is 1.64. The van der Waals surface area contributed by atoms with Gasteiger partial charge in [-0.05, 0) is 35.4 Å². The van der Waals surface area contributed by atoms with Crippen LogP contribution in [0.5, 0.6) is 0 Å². The van der Waals surface area contributed by atoms with Gasteiger partial charge in [-0.15, -0.1) is 0 Å². The molecule has 2 amide bonds. The third-order valence-corrected chi connectivity index (χ3v) is 6.14. The van der Waals surface area contributed by atoms with E-state index in [1.165, 1.54) is 18.9 Å². The molecule has 1 aliphatic heterocycles. The van der Waals surface area contributed by atoms with E-state index < -0.39 is 42.0 Å². The van der Waals surface area contributed by atoms with E-state index in [0.29, 0.717) is 12.1 Å². The number of aromatic nitrogens is 1. The van der Waals surface area contributed by atoms with Crippen LogP contribution in [-0.4, -0.2) is 39.7 Å². The van der Waals surface area contributed by atoms with Gasteiger partial charge in [0.1, 0.15) is 6.04 Å². The van der Waals surface area contributed by atoms with E-state index in [-0.39, 0.29) is 30.5 Å². The Bertz CT molecular complexity index is 1260. The molecular weight excluding hydrogens is 476 g/mol. The van der Waals surface area contributed by atoms with Crippen LogP contribution in [0, 0.1) is 0 Å². The van der Waals surface area contributed by atoms with Crippen molar-refractivity contribution in [2.24, 2.45) is 0 Å². The number of fused-ring (bicyclic) bond motifs is 3. The number of rotatable bonds is 3. The van der Waals surface area contributed by atoms with Crippen LogP contribution in [0.25, 0.3) is 10.9 Å². The molecule has 1 aliphatic rings. The largest absolute Gasteiger partial charge is 0.416 e. The van der Waals surface area contributed by atoms with Crippen molar-refractivity contribution in [2.45, 2.75) is 44.8 Å². The fourth-order valence-corrected chi connectivity index (χ4v) is 4.48. The summed E-state index contributed by atoms with van der Waals surface area (Å²) in [6.45, 7) is 0.941. The highest BCUT2D eigenvalue weighted by atomic mass is 19.4. The van der Waals surface area contributed by atoms with Crippen LogP contribution in [0.1, 0.15) is 34.9 Å². The zero-order chi connectivity index (χ0) is 25.7. The number of alkyl halides is 6. The van der Waals surface area contributed by atoms with Gasteiger partial charge in [-0.3, -0.25) is 9.59 Å². The van der Waals surface area contributed by atoms with Gasteiger partial charge in [0.2, 0.25) is 11.8 Å². The first-order valence-electron chi connectivity index (χ1n) is 10.6. The molecular formula is C24H21F6N3O2. The van der Waals surface area contributed by atoms with E-state index in [2.05, 4.69) is 4.98 Å². The van der Waals surface area contributed by atoms with Crippen molar-refractivity contribution in [2.75, 3.05) is 7.05 Å². The van der Waals surface area contributed by atoms with Crippen molar-refractivity contribution in [1.29, 1.82) is 0 Å². The Labute approximate surface area is 196 Å². The predicted molar refractivity (Wildman–Crippen MR) is 115 cm³/mol. The lowest BCUT2D eigenvalue weighted by molar-refractivity contribution is -0.145. The molecule has 0 radical (unpaired) electrons. The number of carbonyl (C=O) groups excluding carboxylic acids is 2. The number of para-hydroxylation sites is 1. The van der Waals surface area contributed by atoms with Crippen LogP contribution in [0.2, 0.25) is 0 Å². The molecule has 4 rings (SSSR count). The number of likely N-dealkylation sites (N-methyl/N-ethyl adjacent to an activating group) is 1. The molecule has 0 bridgehead atoms. The van der Waals surface area contributed by atoms with E-state index >= 15 is 0 Å². The summed E-state index contributed by atoms with van der Waals surface area (Å²) in [6, 6.07) is 7.71. The van der Waals surface area contributed by atoms with E-state index in [1.54, 1.807) is 0 Å². The summed E-state index contributed by atoms with van der Waals surface area (Å²) in [5.41, 5.74) is -0.750. The normalized spacial score (nSPS) is 16.3. The fourth-order valence-electron chi connectivity index (χ4n) is 4.48. The Kier molecular flexibility index (Phi) is 6.06. The number of aromatic amines is 1. The van der Waals surface area contributed by atoms with Crippen molar-refractivity contribution < 1.29 is 35.9 Å². The van der Waals surface area contributed by atoms with Crippen molar-refractivity contribution in [3.05, 3.63) is 70.4 Å². The highest BCUT2D eigenvalue weighted by Crippen LogP contribution is 2.37. The van der Waals surface area contributed by atoms with Gasteiger partial charge in [0.25, 0.3) is 0 Å². The molecule has 2 heterocycles. The summed E-state index contributed by atoms with van der Waals surface area (Å²) < 4.78 is 79.2. The maximum absolute atomic E-state index is 13.3. The minimum atomic E-state index is -4.99. The predicted octanol–water partition coefficient (Wildman–Crippen LogP) is 5.14. The molecule has 2 aromatic carbocycles. The highest BCUT2D eigenvalue weighted by Gasteiger charge is 2.39. The van der Waals surface area contributed by atoms with Gasteiger partial charge in [0.05, 0.1) is 17.7 Å².